The van der Waals surface area contributed by atoms with Crippen molar-refractivity contribution in [1.82, 2.24) is 10.4 Å². The van der Waals surface area contributed by atoms with Gasteiger partial charge in [-0.2, -0.15) is 0 Å². The molecule has 1 aliphatic heterocycles. The Kier molecular flexibility index (Phi) is 3.61. The Balaban J connectivity index is 2.12. The predicted molar refractivity (Wildman–Crippen MR) is 67.1 cm³/mol. The second-order valence-electron chi connectivity index (χ2n) is 4.74. The third kappa shape index (κ3) is 2.57. The Morgan fingerprint density at radius 1 is 1.65 bits per heavy atom. The summed E-state index contributed by atoms with van der Waals surface area (Å²) < 4.78 is 5.80. The third-order valence-corrected chi connectivity index (χ3v) is 3.54. The van der Waals surface area contributed by atoms with Crippen molar-refractivity contribution in [1.29, 1.82) is 0 Å². The summed E-state index contributed by atoms with van der Waals surface area (Å²) in [7, 11) is 0. The summed E-state index contributed by atoms with van der Waals surface area (Å²) in [5, 5.41) is 0. The van der Waals surface area contributed by atoms with Crippen LogP contribution in [0.1, 0.15) is 25.3 Å². The molecular weight excluding hydrogens is 216 g/mol. The van der Waals surface area contributed by atoms with Gasteiger partial charge in [0.05, 0.1) is 11.6 Å². The molecule has 5 heteroatoms. The van der Waals surface area contributed by atoms with Crippen LogP contribution >= 0.6 is 0 Å². The van der Waals surface area contributed by atoms with Gasteiger partial charge in [-0.15, -0.1) is 0 Å². The topological polar surface area (TPSA) is 86.2 Å². The first kappa shape index (κ1) is 12.3. The number of nitrogens with zero attached hydrogens (tertiary/aromatic N) is 1. The van der Waals surface area contributed by atoms with Gasteiger partial charge >= 0.3 is 0 Å². The Hall–Kier alpha value is -1.17. The second kappa shape index (κ2) is 5.00. The molecule has 0 bridgehead atoms. The van der Waals surface area contributed by atoms with Crippen molar-refractivity contribution in [2.75, 3.05) is 12.3 Å². The fourth-order valence-corrected chi connectivity index (χ4v) is 2.37. The number of hydrazine groups is 1. The van der Waals surface area contributed by atoms with Gasteiger partial charge in [0.25, 0.3) is 0 Å². The lowest BCUT2D eigenvalue weighted by atomic mass is 9.89. The lowest BCUT2D eigenvalue weighted by Gasteiger charge is -2.33. The van der Waals surface area contributed by atoms with Crippen LogP contribution in [0.2, 0.25) is 0 Å². The molecule has 17 heavy (non-hydrogen) atoms. The largest absolute Gasteiger partial charge is 0.383 e. The van der Waals surface area contributed by atoms with E-state index in [1.807, 2.05) is 12.1 Å². The van der Waals surface area contributed by atoms with E-state index in [0.29, 0.717) is 5.82 Å². The van der Waals surface area contributed by atoms with Crippen molar-refractivity contribution in [3.8, 4) is 0 Å². The number of anilines is 1. The Bertz CT molecular complexity index is 377. The number of aromatic nitrogens is 1. The van der Waals surface area contributed by atoms with Crippen molar-refractivity contribution in [3.63, 3.8) is 0 Å². The number of nitrogen functional groups attached to an aromatic ring is 1. The Morgan fingerprint density at radius 2 is 2.47 bits per heavy atom. The molecule has 0 saturated carbocycles. The Labute approximate surface area is 102 Å². The highest BCUT2D eigenvalue weighted by Crippen LogP contribution is 2.30. The molecule has 1 fully saturated rings. The van der Waals surface area contributed by atoms with Gasteiger partial charge in [0.15, 0.2) is 0 Å². The molecule has 5 nitrogen and oxygen atoms in total. The zero-order chi connectivity index (χ0) is 12.3. The normalized spacial score (nSPS) is 26.0. The lowest BCUT2D eigenvalue weighted by molar-refractivity contribution is -0.0114. The molecule has 0 radical (unpaired) electrons. The van der Waals surface area contributed by atoms with Crippen molar-refractivity contribution < 1.29 is 4.74 Å². The third-order valence-electron chi connectivity index (χ3n) is 3.54. The zero-order valence-electron chi connectivity index (χ0n) is 10.1. The maximum absolute atomic E-state index is 5.84. The molecule has 1 aliphatic rings. The average molecular weight is 236 g/mol. The first-order valence-corrected chi connectivity index (χ1v) is 5.95. The highest BCUT2D eigenvalue weighted by atomic mass is 16.5. The molecule has 2 rings (SSSR count). The number of nitrogens with one attached hydrogen (secondary N) is 1. The minimum atomic E-state index is -0.211. The summed E-state index contributed by atoms with van der Waals surface area (Å²) in [6, 6.07) is 3.92. The lowest BCUT2D eigenvalue weighted by Crippen LogP contribution is -2.52. The van der Waals surface area contributed by atoms with E-state index in [4.69, 9.17) is 16.3 Å². The van der Waals surface area contributed by atoms with Crippen LogP contribution in [0, 0.1) is 0 Å². The van der Waals surface area contributed by atoms with Crippen molar-refractivity contribution in [2.45, 2.75) is 37.8 Å². The fourth-order valence-electron chi connectivity index (χ4n) is 2.37. The van der Waals surface area contributed by atoms with E-state index in [1.165, 1.54) is 0 Å². The summed E-state index contributed by atoms with van der Waals surface area (Å²) in [6.07, 6.45) is 4.52. The number of ether oxygens (including phenoxy) is 1. The van der Waals surface area contributed by atoms with Gasteiger partial charge in [-0.25, -0.2) is 4.98 Å². The number of hydrogen-bond acceptors (Lipinski definition) is 5. The van der Waals surface area contributed by atoms with Gasteiger partial charge in [0.2, 0.25) is 0 Å². The number of pyridine rings is 1. The van der Waals surface area contributed by atoms with E-state index in [0.717, 1.165) is 31.4 Å². The maximum Gasteiger partial charge on any atom is 0.126 e. The summed E-state index contributed by atoms with van der Waals surface area (Å²) in [5.41, 5.74) is 9.49. The molecule has 2 heterocycles. The SMILES string of the molecule is CC1(C(Cc2cccnc2N)NN)CCCO1. The summed E-state index contributed by atoms with van der Waals surface area (Å²) in [5.74, 6) is 6.21. The number of hydrogen-bond donors (Lipinski definition) is 3. The molecule has 0 amide bonds. The second-order valence-corrected chi connectivity index (χ2v) is 4.74. The van der Waals surface area contributed by atoms with Gasteiger partial charge < -0.3 is 10.5 Å². The molecule has 1 saturated heterocycles. The van der Waals surface area contributed by atoms with Crippen LogP contribution < -0.4 is 17.0 Å². The molecule has 0 spiro atoms. The van der Waals surface area contributed by atoms with Gasteiger partial charge in [-0.3, -0.25) is 11.3 Å². The molecule has 0 aromatic carbocycles. The van der Waals surface area contributed by atoms with Gasteiger partial charge in [-0.05, 0) is 37.8 Å². The predicted octanol–water partition coefficient (Wildman–Crippen LogP) is 0.607. The van der Waals surface area contributed by atoms with Crippen LogP contribution in [0.3, 0.4) is 0 Å². The van der Waals surface area contributed by atoms with E-state index < -0.39 is 0 Å². The molecule has 2 unspecified atom stereocenters. The van der Waals surface area contributed by atoms with E-state index in [2.05, 4.69) is 17.3 Å². The van der Waals surface area contributed by atoms with Crippen LogP contribution in [0.25, 0.3) is 0 Å². The molecule has 94 valence electrons. The first-order valence-electron chi connectivity index (χ1n) is 5.95. The fraction of sp³-hybridized carbons (Fsp3) is 0.583. The number of nitrogens with two attached hydrogens (primary N) is 2. The Morgan fingerprint density at radius 3 is 3.06 bits per heavy atom. The highest BCUT2D eigenvalue weighted by molar-refractivity contribution is 5.39. The molecule has 2 atom stereocenters. The van der Waals surface area contributed by atoms with E-state index >= 15 is 0 Å². The zero-order valence-corrected chi connectivity index (χ0v) is 10.1. The minimum Gasteiger partial charge on any atom is -0.383 e. The molecular formula is C12H20N4O. The summed E-state index contributed by atoms with van der Waals surface area (Å²) in [6.45, 7) is 2.90. The van der Waals surface area contributed by atoms with Crippen molar-refractivity contribution >= 4 is 5.82 Å². The molecule has 5 N–H and O–H groups in total. The van der Waals surface area contributed by atoms with Crippen LogP contribution in [-0.4, -0.2) is 23.2 Å². The van der Waals surface area contributed by atoms with E-state index in [1.54, 1.807) is 6.20 Å². The molecule has 1 aromatic rings. The minimum absolute atomic E-state index is 0.0523. The smallest absolute Gasteiger partial charge is 0.126 e. The summed E-state index contributed by atoms with van der Waals surface area (Å²) in [4.78, 5) is 4.08. The highest BCUT2D eigenvalue weighted by Gasteiger charge is 2.38. The quantitative estimate of drug-likeness (QED) is 0.526. The first-order chi connectivity index (χ1) is 8.15. The summed E-state index contributed by atoms with van der Waals surface area (Å²) >= 11 is 0. The molecule has 1 aromatic heterocycles. The van der Waals surface area contributed by atoms with Crippen molar-refractivity contribution in [3.05, 3.63) is 23.9 Å². The van der Waals surface area contributed by atoms with Crippen LogP contribution in [0.15, 0.2) is 18.3 Å². The van der Waals surface area contributed by atoms with Crippen LogP contribution in [-0.2, 0) is 11.2 Å². The van der Waals surface area contributed by atoms with E-state index in [-0.39, 0.29) is 11.6 Å². The van der Waals surface area contributed by atoms with Gasteiger partial charge in [0.1, 0.15) is 5.82 Å². The van der Waals surface area contributed by atoms with E-state index in [9.17, 15) is 0 Å². The number of rotatable bonds is 4. The maximum atomic E-state index is 5.84. The average Bonchev–Trinajstić information content (AvgIpc) is 2.76. The van der Waals surface area contributed by atoms with Gasteiger partial charge in [-0.1, -0.05) is 6.07 Å². The van der Waals surface area contributed by atoms with Crippen LogP contribution in [0.5, 0.6) is 0 Å². The standard InChI is InChI=1S/C12H20N4O/c1-12(5-3-7-17-12)10(16-14)8-9-4-2-6-15-11(9)13/h2,4,6,10,16H,3,5,7-8,14H2,1H3,(H2,13,15). The molecule has 0 aliphatic carbocycles. The monoisotopic (exact) mass is 236 g/mol. The van der Waals surface area contributed by atoms with Crippen molar-refractivity contribution in [2.24, 2.45) is 5.84 Å². The van der Waals surface area contributed by atoms with Gasteiger partial charge in [0, 0.05) is 12.8 Å². The van der Waals surface area contributed by atoms with Crippen LogP contribution in [0.4, 0.5) is 5.82 Å².